The fourth-order valence-electron chi connectivity index (χ4n) is 9.79. The molecule has 1 aromatic carbocycles. The number of thioether (sulfide) groups is 3. The number of allylic oxidation sites excluding steroid dienone is 3. The maximum atomic E-state index is 14.4. The molecule has 0 spiro atoms. The van der Waals surface area contributed by atoms with Crippen molar-refractivity contribution in [3.8, 4) is 5.75 Å². The van der Waals surface area contributed by atoms with E-state index in [-0.39, 0.29) is 127 Å². The Labute approximate surface area is 561 Å². The highest BCUT2D eigenvalue weighted by atomic mass is 35.5. The Kier molecular flexibility index (Phi) is 34.8. The Bertz CT molecular complexity index is 2760. The number of alkyl carbamates (subject to hydrolysis) is 1. The number of benzene rings is 1. The lowest BCUT2D eigenvalue weighted by atomic mass is 9.84. The summed E-state index contributed by atoms with van der Waals surface area (Å²) in [6.45, 7) is 12.9. The Morgan fingerprint density at radius 2 is 1.49 bits per heavy atom. The second-order valence-corrected chi connectivity index (χ2v) is 25.8. The number of ether oxygens (including phenoxy) is 9. The molecule has 9 atom stereocenters. The summed E-state index contributed by atoms with van der Waals surface area (Å²) >= 11 is 11.2. The number of nitrogens with one attached hydrogen (secondary N) is 4. The van der Waals surface area contributed by atoms with Crippen LogP contribution in [0.4, 0.5) is 10.5 Å². The predicted molar refractivity (Wildman–Crippen MR) is 352 cm³/mol. The van der Waals surface area contributed by atoms with Gasteiger partial charge in [-0.1, -0.05) is 48.0 Å². The summed E-state index contributed by atoms with van der Waals surface area (Å²) < 4.78 is 50.5. The molecular formula is C61H93ClN8O20S3. The highest BCUT2D eigenvalue weighted by Gasteiger charge is 2.64. The maximum absolute atomic E-state index is 14.4. The molecule has 3 saturated heterocycles. The number of hydrogen-bond donors (Lipinski definition) is 5. The zero-order valence-electron chi connectivity index (χ0n) is 55.0. The summed E-state index contributed by atoms with van der Waals surface area (Å²) in [4.78, 5) is 126. The van der Waals surface area contributed by atoms with Gasteiger partial charge in [0.1, 0.15) is 53.9 Å². The molecule has 2 unspecified atom stereocenters. The number of halogens is 1. The smallest absolute Gasteiger partial charge is 0.409 e. The molecule has 4 rings (SSSR count). The molecule has 3 heterocycles. The number of nitrogens with zero attached hydrogens (tertiary/aromatic N) is 4. The Morgan fingerprint density at radius 1 is 0.892 bits per heavy atom. The molecule has 32 heteroatoms. The van der Waals surface area contributed by atoms with Gasteiger partial charge in [0, 0.05) is 89.8 Å². The predicted octanol–water partition coefficient (Wildman–Crippen LogP) is 2.92. The molecule has 0 aromatic heterocycles. The maximum Gasteiger partial charge on any atom is 0.409 e. The third-order valence-electron chi connectivity index (χ3n) is 15.4. The first-order valence-corrected chi connectivity index (χ1v) is 34.5. The highest BCUT2D eigenvalue weighted by molar-refractivity contribution is 8.01. The minimum absolute atomic E-state index is 0.0270. The van der Waals surface area contributed by atoms with Crippen molar-refractivity contribution < 1.29 is 95.7 Å². The Morgan fingerprint density at radius 3 is 2.09 bits per heavy atom. The number of esters is 1. The Balaban J connectivity index is 1.17. The van der Waals surface area contributed by atoms with Gasteiger partial charge < -0.3 is 78.3 Å². The largest absolute Gasteiger partial charge is 0.495 e. The second-order valence-electron chi connectivity index (χ2n) is 22.4. The lowest BCUT2D eigenvalue weighted by Crippen LogP contribution is -2.63. The van der Waals surface area contributed by atoms with E-state index in [1.807, 2.05) is 25.5 Å². The van der Waals surface area contributed by atoms with Crippen molar-refractivity contribution in [3.63, 3.8) is 0 Å². The van der Waals surface area contributed by atoms with Crippen LogP contribution < -0.4 is 30.9 Å². The number of epoxide rings is 1. The number of likely N-dealkylation sites (tertiary alicyclic amines) is 1. The first kappa shape index (κ1) is 79.7. The number of carbonyl (C=O) groups excluding carboxylic acids is 9. The van der Waals surface area contributed by atoms with Gasteiger partial charge >= 0.3 is 12.1 Å². The molecule has 3 aliphatic heterocycles. The number of anilines is 1. The fraction of sp³-hybridized carbons (Fsp3) is 0.672. The molecule has 0 aliphatic carbocycles. The number of methoxy groups -OCH3 is 2. The zero-order valence-corrected chi connectivity index (χ0v) is 58.2. The van der Waals surface area contributed by atoms with Gasteiger partial charge in [0.25, 0.3) is 5.91 Å². The topological polar surface area (TPSA) is 340 Å². The van der Waals surface area contributed by atoms with E-state index in [0.29, 0.717) is 17.9 Å². The standard InChI is InChI=1S/C61H93ClN8O20S3/c1-13-14-38(2)27-42-28-44(55(62)45(29-42)82-10)69(8)53(75)31-48(60(6)56(90-60)39(3)46-32-61(80,41(5)81-9)66-59(79)88-46)89-58(78)40(4)68(7)52(74)15-26-93-47-30-54(76)70(57(47)77)19-16-63-49(71)33-85-24-22-83-20-17-64-50(72)34-86-25-23-84-21-18-65-51(73)35-87-67-43(36-91-11)37-92-12/h13-14,28-29,39-41,46-48,56,80H,1,15-27,30-37H2,2-12H3,(H,63,71)(H,64,72)(H,65,73)(H,66,79)/b38-14+/t39?,40-,41+,46-,47?,48-,56-,60-,61-/m0/s1. The third kappa shape index (κ3) is 25.7. The van der Waals surface area contributed by atoms with Crippen LogP contribution in [0, 0.1) is 5.92 Å². The van der Waals surface area contributed by atoms with Gasteiger partial charge in [0.2, 0.25) is 35.4 Å². The molecule has 0 saturated carbocycles. The van der Waals surface area contributed by atoms with Gasteiger partial charge in [0.15, 0.2) is 12.3 Å². The van der Waals surface area contributed by atoms with Crippen molar-refractivity contribution in [2.24, 2.45) is 11.1 Å². The van der Waals surface area contributed by atoms with Gasteiger partial charge in [-0.05, 0) is 64.3 Å². The van der Waals surface area contributed by atoms with Crippen LogP contribution in [0.2, 0.25) is 5.02 Å². The molecular weight excluding hydrogens is 1300 g/mol. The number of aliphatic hydroxyl groups is 1. The first-order chi connectivity index (χ1) is 44.3. The molecule has 3 aliphatic rings. The summed E-state index contributed by atoms with van der Waals surface area (Å²) in [6.07, 6.45) is 2.59. The van der Waals surface area contributed by atoms with Gasteiger partial charge in [-0.25, -0.2) is 9.59 Å². The summed E-state index contributed by atoms with van der Waals surface area (Å²) in [5.74, 6) is -2.62. The molecule has 93 heavy (non-hydrogen) atoms. The lowest BCUT2D eigenvalue weighted by molar-refractivity contribution is -0.162. The summed E-state index contributed by atoms with van der Waals surface area (Å²) in [7, 11) is 5.79. The number of likely N-dealkylation sites (N-methyl/N-ethyl adjacent to an activating group) is 1. The van der Waals surface area contributed by atoms with Crippen molar-refractivity contribution in [1.82, 2.24) is 31.1 Å². The lowest BCUT2D eigenvalue weighted by Gasteiger charge is -2.41. The average Bonchev–Trinajstić information content (AvgIpc) is 1.58. The number of hydrogen-bond acceptors (Lipinski definition) is 24. The van der Waals surface area contributed by atoms with Crippen LogP contribution in [-0.4, -0.2) is 265 Å². The third-order valence-corrected chi connectivity index (χ3v) is 18.2. The van der Waals surface area contributed by atoms with Gasteiger partial charge in [-0.2, -0.15) is 23.5 Å². The SMILES string of the molecule is C=C/C=C(\C)Cc1cc(OC)c(Cl)c(N(C)C(=O)C[C@H](OC(=O)[C@H](C)N(C)C(=O)CCSC2CC(=O)N(CCNC(=O)COCCOCCNC(=O)COCCOCCNC(=O)CON=C(CSC)CSC)C2=O)[C@]2(C)O[C@H]2C(C)[C@@H]2C[C@](O)([C@@H](C)OC)NC(=O)O2)c1. The number of cyclic esters (lactones) is 1. The van der Waals surface area contributed by atoms with E-state index in [9.17, 15) is 48.3 Å². The number of rotatable bonds is 45. The van der Waals surface area contributed by atoms with Crippen molar-refractivity contribution in [1.29, 1.82) is 0 Å². The van der Waals surface area contributed by atoms with Crippen LogP contribution in [0.25, 0.3) is 0 Å². The molecule has 1 aromatic rings. The van der Waals surface area contributed by atoms with Crippen LogP contribution in [-0.2, 0) is 87.5 Å². The van der Waals surface area contributed by atoms with E-state index in [1.165, 1.54) is 45.0 Å². The first-order valence-electron chi connectivity index (χ1n) is 30.3. The molecule has 522 valence electrons. The van der Waals surface area contributed by atoms with Crippen LogP contribution in [0.1, 0.15) is 65.9 Å². The van der Waals surface area contributed by atoms with E-state index in [2.05, 4.69) is 33.0 Å². The molecule has 0 bridgehead atoms. The molecule has 8 amide bonds. The highest BCUT2D eigenvalue weighted by Crippen LogP contribution is 2.49. The second kappa shape index (κ2) is 40.6. The van der Waals surface area contributed by atoms with Gasteiger partial charge in [-0.3, -0.25) is 43.8 Å². The van der Waals surface area contributed by atoms with E-state index in [1.54, 1.807) is 62.5 Å². The molecule has 3 fully saturated rings. The number of amides is 8. The minimum Gasteiger partial charge on any atom is -0.495 e. The average molecular weight is 1390 g/mol. The Hall–Kier alpha value is -5.74. The molecule has 0 radical (unpaired) electrons. The van der Waals surface area contributed by atoms with E-state index in [0.717, 1.165) is 45.0 Å². The number of carbonyl (C=O) groups is 9. The van der Waals surface area contributed by atoms with Crippen molar-refractivity contribution >= 4 is 112 Å². The van der Waals surface area contributed by atoms with Crippen LogP contribution >= 0.6 is 46.9 Å². The van der Waals surface area contributed by atoms with E-state index in [4.69, 9.17) is 59.1 Å². The summed E-state index contributed by atoms with van der Waals surface area (Å²) in [6, 6.07) is 2.34. The summed E-state index contributed by atoms with van der Waals surface area (Å²) in [5.41, 5.74) is -0.158. The number of oxime groups is 1. The fourth-order valence-corrected chi connectivity index (χ4v) is 12.3. The van der Waals surface area contributed by atoms with Crippen molar-refractivity contribution in [2.75, 3.05) is 149 Å². The van der Waals surface area contributed by atoms with Gasteiger partial charge in [-0.15, -0.1) is 11.8 Å². The molecule has 28 nitrogen and oxygen atoms in total. The monoisotopic (exact) mass is 1390 g/mol. The van der Waals surface area contributed by atoms with Crippen molar-refractivity contribution in [3.05, 3.63) is 47.0 Å². The normalized spacial score (nSPS) is 20.7. The summed E-state index contributed by atoms with van der Waals surface area (Å²) in [5, 5.41) is 25.1. The van der Waals surface area contributed by atoms with Crippen molar-refractivity contribution in [2.45, 2.75) is 114 Å². The quantitative estimate of drug-likeness (QED) is 0.0119. The van der Waals surface area contributed by atoms with Crippen LogP contribution in [0.15, 0.2) is 41.6 Å². The van der Waals surface area contributed by atoms with Crippen LogP contribution in [0.3, 0.4) is 0 Å². The van der Waals surface area contributed by atoms with E-state index >= 15 is 0 Å². The van der Waals surface area contributed by atoms with Crippen LogP contribution in [0.5, 0.6) is 5.75 Å². The minimum atomic E-state index is -1.78. The zero-order chi connectivity index (χ0) is 68.8. The van der Waals surface area contributed by atoms with E-state index < -0.39 is 101 Å². The van der Waals surface area contributed by atoms with Gasteiger partial charge in [0.05, 0.1) is 75.9 Å². The molecule has 5 N–H and O–H groups in total. The number of imide groups is 1.